The Morgan fingerprint density at radius 3 is 2.93 bits per heavy atom. The van der Waals surface area contributed by atoms with Crippen molar-refractivity contribution in [3.8, 4) is 0 Å². The Bertz CT molecular complexity index is 294. The largest absolute Gasteiger partial charge is 0.468 e. The fourth-order valence-corrected chi connectivity index (χ4v) is 1.11. The van der Waals surface area contributed by atoms with Crippen LogP contribution in [0.5, 0.6) is 0 Å². The Morgan fingerprint density at radius 2 is 2.36 bits per heavy atom. The highest BCUT2D eigenvalue weighted by molar-refractivity contribution is 5.75. The first-order valence-corrected chi connectivity index (χ1v) is 4.68. The van der Waals surface area contributed by atoms with E-state index in [1.54, 1.807) is 13.3 Å². The summed E-state index contributed by atoms with van der Waals surface area (Å²) in [7, 11) is 1.64. The van der Waals surface area contributed by atoms with E-state index >= 15 is 0 Å². The van der Waals surface area contributed by atoms with Crippen molar-refractivity contribution in [2.45, 2.75) is 19.9 Å². The summed E-state index contributed by atoms with van der Waals surface area (Å²) in [6.45, 7) is 3.34. The van der Waals surface area contributed by atoms with Gasteiger partial charge in [-0.1, -0.05) is 0 Å². The molecular weight excluding hydrogens is 180 g/mol. The van der Waals surface area contributed by atoms with Gasteiger partial charge in [-0.15, -0.1) is 0 Å². The van der Waals surface area contributed by atoms with Crippen molar-refractivity contribution in [3.05, 3.63) is 23.7 Å². The minimum Gasteiger partial charge on any atom is -0.468 e. The Labute approximate surface area is 83.7 Å². The molecule has 0 unspecified atom stereocenters. The van der Waals surface area contributed by atoms with Gasteiger partial charge in [0.1, 0.15) is 5.76 Å². The van der Waals surface area contributed by atoms with E-state index in [9.17, 15) is 4.79 Å². The number of carbonyl (C=O) groups is 1. The number of nitrogens with one attached hydrogen (secondary N) is 2. The van der Waals surface area contributed by atoms with Gasteiger partial charge in [0.25, 0.3) is 0 Å². The van der Waals surface area contributed by atoms with Crippen LogP contribution in [-0.2, 0) is 11.3 Å². The van der Waals surface area contributed by atoms with Crippen molar-refractivity contribution < 1.29 is 9.21 Å². The lowest BCUT2D eigenvalue weighted by Gasteiger charge is -2.02. The van der Waals surface area contributed by atoms with Gasteiger partial charge >= 0.3 is 0 Å². The van der Waals surface area contributed by atoms with Gasteiger partial charge in [0.2, 0.25) is 5.91 Å². The molecule has 0 saturated heterocycles. The monoisotopic (exact) mass is 196 g/mol. The van der Waals surface area contributed by atoms with Crippen molar-refractivity contribution in [2.75, 3.05) is 13.6 Å². The van der Waals surface area contributed by atoms with Gasteiger partial charge < -0.3 is 15.1 Å². The third-order valence-corrected chi connectivity index (χ3v) is 2.06. The van der Waals surface area contributed by atoms with E-state index in [2.05, 4.69) is 10.6 Å². The van der Waals surface area contributed by atoms with Crippen molar-refractivity contribution in [2.24, 2.45) is 0 Å². The van der Waals surface area contributed by atoms with E-state index in [1.165, 1.54) is 0 Å². The van der Waals surface area contributed by atoms with Crippen LogP contribution in [0.4, 0.5) is 0 Å². The first-order chi connectivity index (χ1) is 6.74. The standard InChI is InChI=1S/C10H16N2O2/c1-8-4-6-14-9(8)7-12-5-3-10(13)11-2/h4,6,12H,3,5,7H2,1-2H3,(H,11,13). The molecule has 0 radical (unpaired) electrons. The van der Waals surface area contributed by atoms with E-state index in [1.807, 2.05) is 13.0 Å². The van der Waals surface area contributed by atoms with Crippen molar-refractivity contribution in [3.63, 3.8) is 0 Å². The van der Waals surface area contributed by atoms with Crippen LogP contribution in [0.3, 0.4) is 0 Å². The van der Waals surface area contributed by atoms with Crippen LogP contribution >= 0.6 is 0 Å². The van der Waals surface area contributed by atoms with Gasteiger partial charge in [-0.3, -0.25) is 4.79 Å². The minimum atomic E-state index is 0.0497. The first kappa shape index (κ1) is 10.8. The molecule has 4 heteroatoms. The number of hydrogen-bond donors (Lipinski definition) is 2. The topological polar surface area (TPSA) is 54.3 Å². The van der Waals surface area contributed by atoms with E-state index in [0.717, 1.165) is 11.3 Å². The Balaban J connectivity index is 2.16. The molecule has 1 aromatic rings. The molecule has 0 spiro atoms. The summed E-state index contributed by atoms with van der Waals surface area (Å²) in [6.07, 6.45) is 2.17. The molecule has 0 aliphatic carbocycles. The van der Waals surface area contributed by atoms with Crippen LogP contribution in [0.2, 0.25) is 0 Å². The number of furan rings is 1. The molecule has 1 aromatic heterocycles. The van der Waals surface area contributed by atoms with Gasteiger partial charge in [0.15, 0.2) is 0 Å². The third-order valence-electron chi connectivity index (χ3n) is 2.06. The average molecular weight is 196 g/mol. The maximum absolute atomic E-state index is 10.9. The summed E-state index contributed by atoms with van der Waals surface area (Å²) in [4.78, 5) is 10.9. The molecule has 0 aliphatic rings. The highest BCUT2D eigenvalue weighted by Crippen LogP contribution is 2.07. The number of hydrogen-bond acceptors (Lipinski definition) is 3. The van der Waals surface area contributed by atoms with Crippen LogP contribution in [0.15, 0.2) is 16.7 Å². The lowest BCUT2D eigenvalue weighted by atomic mass is 10.3. The smallest absolute Gasteiger partial charge is 0.221 e. The molecule has 0 aromatic carbocycles. The van der Waals surface area contributed by atoms with E-state index in [4.69, 9.17) is 4.42 Å². The Morgan fingerprint density at radius 1 is 1.57 bits per heavy atom. The molecule has 4 nitrogen and oxygen atoms in total. The lowest BCUT2D eigenvalue weighted by molar-refractivity contribution is -0.120. The van der Waals surface area contributed by atoms with Crippen molar-refractivity contribution in [1.82, 2.24) is 10.6 Å². The lowest BCUT2D eigenvalue weighted by Crippen LogP contribution is -2.24. The van der Waals surface area contributed by atoms with Crippen molar-refractivity contribution in [1.29, 1.82) is 0 Å². The van der Waals surface area contributed by atoms with Gasteiger partial charge in [-0.25, -0.2) is 0 Å². The summed E-state index contributed by atoms with van der Waals surface area (Å²) in [5, 5.41) is 5.71. The predicted molar refractivity (Wildman–Crippen MR) is 53.8 cm³/mol. The Hall–Kier alpha value is -1.29. The zero-order valence-electron chi connectivity index (χ0n) is 8.59. The number of aryl methyl sites for hydroxylation is 1. The molecule has 14 heavy (non-hydrogen) atoms. The van der Waals surface area contributed by atoms with E-state index in [-0.39, 0.29) is 5.91 Å². The second-order valence-electron chi connectivity index (χ2n) is 3.13. The van der Waals surface area contributed by atoms with Crippen LogP contribution in [0.25, 0.3) is 0 Å². The molecule has 0 bridgehead atoms. The molecule has 0 aliphatic heterocycles. The van der Waals surface area contributed by atoms with Gasteiger partial charge in [0.05, 0.1) is 12.8 Å². The van der Waals surface area contributed by atoms with E-state index < -0.39 is 0 Å². The first-order valence-electron chi connectivity index (χ1n) is 4.68. The van der Waals surface area contributed by atoms with Crippen molar-refractivity contribution >= 4 is 5.91 Å². The SMILES string of the molecule is CNC(=O)CCNCc1occc1C. The Kier molecular flexibility index (Phi) is 4.19. The fraction of sp³-hybridized carbons (Fsp3) is 0.500. The van der Waals surface area contributed by atoms with Gasteiger partial charge in [0, 0.05) is 20.0 Å². The maximum atomic E-state index is 10.9. The molecule has 1 heterocycles. The normalized spacial score (nSPS) is 10.1. The molecular formula is C10H16N2O2. The van der Waals surface area contributed by atoms with Gasteiger partial charge in [-0.2, -0.15) is 0 Å². The third kappa shape index (κ3) is 3.22. The van der Waals surface area contributed by atoms with Gasteiger partial charge in [-0.05, 0) is 18.6 Å². The second kappa shape index (κ2) is 5.44. The zero-order valence-corrected chi connectivity index (χ0v) is 8.59. The summed E-state index contributed by atoms with van der Waals surface area (Å²) >= 11 is 0. The zero-order chi connectivity index (χ0) is 10.4. The molecule has 2 N–H and O–H groups in total. The van der Waals surface area contributed by atoms with E-state index in [0.29, 0.717) is 19.5 Å². The highest BCUT2D eigenvalue weighted by atomic mass is 16.3. The molecule has 0 fully saturated rings. The van der Waals surface area contributed by atoms with Crippen LogP contribution in [0, 0.1) is 6.92 Å². The average Bonchev–Trinajstić information content (AvgIpc) is 2.58. The summed E-state index contributed by atoms with van der Waals surface area (Å²) in [5.41, 5.74) is 1.14. The fourth-order valence-electron chi connectivity index (χ4n) is 1.11. The predicted octanol–water partition coefficient (Wildman–Crippen LogP) is 0.814. The number of rotatable bonds is 5. The number of carbonyl (C=O) groups excluding carboxylic acids is 1. The van der Waals surface area contributed by atoms with Crippen LogP contribution in [-0.4, -0.2) is 19.5 Å². The summed E-state index contributed by atoms with van der Waals surface area (Å²) in [6, 6.07) is 1.93. The molecule has 78 valence electrons. The van der Waals surface area contributed by atoms with Crippen LogP contribution < -0.4 is 10.6 Å². The summed E-state index contributed by atoms with van der Waals surface area (Å²) < 4.78 is 5.23. The minimum absolute atomic E-state index is 0.0497. The molecule has 1 rings (SSSR count). The molecule has 0 saturated carbocycles. The highest BCUT2D eigenvalue weighted by Gasteiger charge is 2.01. The molecule has 0 atom stereocenters. The molecule has 1 amide bonds. The maximum Gasteiger partial charge on any atom is 0.221 e. The second-order valence-corrected chi connectivity index (χ2v) is 3.13. The number of amides is 1. The van der Waals surface area contributed by atoms with Crippen LogP contribution in [0.1, 0.15) is 17.7 Å². The quantitative estimate of drug-likeness (QED) is 0.685. The summed E-state index contributed by atoms with van der Waals surface area (Å²) in [5.74, 6) is 0.982.